The number of benzene rings is 2. The van der Waals surface area contributed by atoms with E-state index in [0.29, 0.717) is 5.56 Å². The molecule has 0 saturated heterocycles. The Bertz CT molecular complexity index is 1470. The Balaban J connectivity index is 1.78. The van der Waals surface area contributed by atoms with Crippen LogP contribution in [0.2, 0.25) is 0 Å². The lowest BCUT2D eigenvalue weighted by atomic mass is 10.0. The van der Waals surface area contributed by atoms with Crippen molar-refractivity contribution in [2.24, 2.45) is 0 Å². The molecule has 0 atom stereocenters. The van der Waals surface area contributed by atoms with E-state index in [1.807, 2.05) is 4.72 Å². The number of amides is 2. The smallest absolute Gasteiger partial charge is 0.422 e. The first-order valence-corrected chi connectivity index (χ1v) is 12.4. The van der Waals surface area contributed by atoms with Gasteiger partial charge in [0.25, 0.3) is 5.91 Å². The van der Waals surface area contributed by atoms with Gasteiger partial charge in [0.05, 0.1) is 11.3 Å². The summed E-state index contributed by atoms with van der Waals surface area (Å²) in [6, 6.07) is 8.73. The molecule has 4 rings (SSSR count). The van der Waals surface area contributed by atoms with E-state index in [2.05, 4.69) is 4.98 Å². The topological polar surface area (TPSA) is 129 Å². The molecule has 1 aliphatic rings. The Morgan fingerprint density at radius 2 is 1.92 bits per heavy atom. The molecule has 1 aliphatic heterocycles. The zero-order chi connectivity index (χ0) is 26.4. The molecule has 0 radical (unpaired) electrons. The van der Waals surface area contributed by atoms with Gasteiger partial charge in [-0.1, -0.05) is 12.1 Å². The fourth-order valence-electron chi connectivity index (χ4n) is 4.02. The van der Waals surface area contributed by atoms with Gasteiger partial charge in [-0.3, -0.25) is 14.1 Å². The van der Waals surface area contributed by atoms with E-state index in [1.165, 1.54) is 42.4 Å². The molecule has 0 saturated carbocycles. The molecule has 2 N–H and O–H groups in total. The molecule has 0 unspecified atom stereocenters. The van der Waals surface area contributed by atoms with E-state index in [-0.39, 0.29) is 46.6 Å². The van der Waals surface area contributed by atoms with Crippen LogP contribution >= 0.6 is 0 Å². The predicted octanol–water partition coefficient (Wildman–Crippen LogP) is 3.44. The maximum Gasteiger partial charge on any atom is 0.422 e. The molecular formula is C24H25FN4O6S. The molecular weight excluding hydrogens is 491 g/mol. The van der Waals surface area contributed by atoms with Crippen LogP contribution in [0.5, 0.6) is 5.75 Å². The molecule has 12 heteroatoms. The highest BCUT2D eigenvalue weighted by Gasteiger charge is 2.38. The first kappa shape index (κ1) is 25.2. The number of pyridine rings is 1. The molecule has 0 fully saturated rings. The quantitative estimate of drug-likeness (QED) is 0.531. The highest BCUT2D eigenvalue weighted by Crippen LogP contribution is 2.44. The molecule has 2 amide bonds. The van der Waals surface area contributed by atoms with Gasteiger partial charge in [-0.25, -0.2) is 13.9 Å². The molecule has 36 heavy (non-hydrogen) atoms. The first-order valence-electron chi connectivity index (χ1n) is 10.9. The van der Waals surface area contributed by atoms with Gasteiger partial charge in [0.2, 0.25) is 0 Å². The van der Waals surface area contributed by atoms with Crippen molar-refractivity contribution in [2.75, 3.05) is 11.4 Å². The number of ether oxygens (including phenoxy) is 1. The van der Waals surface area contributed by atoms with Gasteiger partial charge in [0.15, 0.2) is 5.75 Å². The third-order valence-corrected chi connectivity index (χ3v) is 6.86. The van der Waals surface area contributed by atoms with Crippen molar-refractivity contribution in [1.29, 1.82) is 0 Å². The van der Waals surface area contributed by atoms with Crippen molar-refractivity contribution >= 4 is 38.8 Å². The van der Waals surface area contributed by atoms with Crippen LogP contribution in [-0.4, -0.2) is 48.1 Å². The number of hydrogen-bond acceptors (Lipinski definition) is 7. The molecule has 190 valence electrons. The number of phenols is 1. The van der Waals surface area contributed by atoms with Crippen LogP contribution in [0, 0.1) is 5.82 Å². The first-order chi connectivity index (χ1) is 16.8. The summed E-state index contributed by atoms with van der Waals surface area (Å²) >= 11 is 0. The van der Waals surface area contributed by atoms with Gasteiger partial charge in [-0.15, -0.1) is 0 Å². The molecule has 10 nitrogen and oxygen atoms in total. The van der Waals surface area contributed by atoms with Gasteiger partial charge >= 0.3 is 16.3 Å². The third-order valence-electron chi connectivity index (χ3n) is 5.53. The number of nitrogens with one attached hydrogen (secondary N) is 1. The van der Waals surface area contributed by atoms with E-state index in [1.54, 1.807) is 32.9 Å². The largest absolute Gasteiger partial charge is 0.505 e. The van der Waals surface area contributed by atoms with E-state index >= 15 is 0 Å². The van der Waals surface area contributed by atoms with Crippen LogP contribution in [0.3, 0.4) is 0 Å². The Hall–Kier alpha value is -3.93. The Labute approximate surface area is 207 Å². The number of rotatable bonds is 5. The third kappa shape index (κ3) is 4.76. The van der Waals surface area contributed by atoms with E-state index in [9.17, 15) is 27.5 Å². The minimum absolute atomic E-state index is 0.0301. The van der Waals surface area contributed by atoms with Crippen molar-refractivity contribution in [3.05, 3.63) is 65.1 Å². The van der Waals surface area contributed by atoms with Gasteiger partial charge in [-0.05, 0) is 50.6 Å². The molecule has 3 aromatic rings. The van der Waals surface area contributed by atoms with Gasteiger partial charge in [0.1, 0.15) is 16.9 Å². The van der Waals surface area contributed by atoms with Crippen molar-refractivity contribution in [1.82, 2.24) is 14.6 Å². The summed E-state index contributed by atoms with van der Waals surface area (Å²) in [5, 5.41) is 11.2. The fraction of sp³-hybridized carbons (Fsp3) is 0.292. The van der Waals surface area contributed by atoms with Crippen LogP contribution < -0.4 is 9.03 Å². The number of carbonyl (C=O) groups is 2. The maximum atomic E-state index is 13.3. The summed E-state index contributed by atoms with van der Waals surface area (Å²) in [5.41, 5.74) is -0.00917. The van der Waals surface area contributed by atoms with Crippen LogP contribution in [-0.2, 0) is 28.0 Å². The number of nitrogens with zero attached hydrogens (tertiary/aromatic N) is 3. The zero-order valence-corrected chi connectivity index (χ0v) is 20.9. The number of fused-ring (bicyclic) bond motifs is 2. The van der Waals surface area contributed by atoms with Crippen LogP contribution in [0.1, 0.15) is 42.3 Å². The number of phenolic OH excluding ortho intramolecular Hbond substituents is 1. The van der Waals surface area contributed by atoms with Crippen molar-refractivity contribution < 1.29 is 32.2 Å². The molecule has 2 aromatic carbocycles. The summed E-state index contributed by atoms with van der Waals surface area (Å²) in [5.74, 6) is -1.33. The Morgan fingerprint density at radius 1 is 1.25 bits per heavy atom. The van der Waals surface area contributed by atoms with E-state index in [4.69, 9.17) is 4.74 Å². The minimum Gasteiger partial charge on any atom is -0.505 e. The SMILES string of the molecule is CN(c1c2c(c(O)c3ncccc13)C(=O)N(Cc1ccc(F)cc1)C2)S(=O)(=O)NC(=O)OC(C)(C)C. The molecule has 2 heterocycles. The fourth-order valence-corrected chi connectivity index (χ4v) is 4.86. The number of halogens is 1. The molecule has 0 spiro atoms. The molecule has 0 aliphatic carbocycles. The summed E-state index contributed by atoms with van der Waals surface area (Å²) in [7, 11) is -3.26. The van der Waals surface area contributed by atoms with Crippen LogP contribution in [0.4, 0.5) is 14.9 Å². The molecule has 1 aromatic heterocycles. The minimum atomic E-state index is -4.48. The van der Waals surface area contributed by atoms with Crippen LogP contribution in [0.15, 0.2) is 42.6 Å². The van der Waals surface area contributed by atoms with Gasteiger partial charge in [-0.2, -0.15) is 8.42 Å². The van der Waals surface area contributed by atoms with Gasteiger partial charge < -0.3 is 14.7 Å². The Kier molecular flexibility index (Phi) is 6.25. The average Bonchev–Trinajstić information content (AvgIpc) is 3.09. The lowest BCUT2D eigenvalue weighted by Gasteiger charge is -2.25. The second-order valence-corrected chi connectivity index (χ2v) is 11.0. The average molecular weight is 517 g/mol. The summed E-state index contributed by atoms with van der Waals surface area (Å²) < 4.78 is 47.4. The summed E-state index contributed by atoms with van der Waals surface area (Å²) in [4.78, 5) is 31.1. The number of carbonyl (C=O) groups excluding carboxylic acids is 2. The standard InChI is InChI=1S/C24H25FN4O6S/c1-24(2,3)35-23(32)27-36(33,34)28(4)20-16-6-5-11-26-19(16)21(30)18-17(20)13-29(22(18)31)12-14-7-9-15(25)10-8-14/h5-11,30H,12-13H2,1-4H3,(H,27,32). The lowest BCUT2D eigenvalue weighted by molar-refractivity contribution is 0.0569. The summed E-state index contributed by atoms with van der Waals surface area (Å²) in [6.45, 7) is 4.84. The van der Waals surface area contributed by atoms with Crippen molar-refractivity contribution in [2.45, 2.75) is 39.5 Å². The summed E-state index contributed by atoms with van der Waals surface area (Å²) in [6.07, 6.45) is 0.239. The predicted molar refractivity (Wildman–Crippen MR) is 130 cm³/mol. The van der Waals surface area contributed by atoms with Crippen molar-refractivity contribution in [3.8, 4) is 5.75 Å². The highest BCUT2D eigenvalue weighted by atomic mass is 32.2. The highest BCUT2D eigenvalue weighted by molar-refractivity contribution is 7.91. The number of aromatic hydroxyl groups is 1. The number of hydrogen-bond donors (Lipinski definition) is 2. The number of anilines is 1. The normalized spacial score (nSPS) is 13.6. The lowest BCUT2D eigenvalue weighted by Crippen LogP contribution is -2.44. The van der Waals surface area contributed by atoms with Gasteiger partial charge in [0, 0.05) is 37.3 Å². The molecule has 0 bridgehead atoms. The monoisotopic (exact) mass is 516 g/mol. The zero-order valence-electron chi connectivity index (χ0n) is 20.1. The van der Waals surface area contributed by atoms with Crippen LogP contribution in [0.25, 0.3) is 10.9 Å². The van der Waals surface area contributed by atoms with E-state index < -0.39 is 33.6 Å². The van der Waals surface area contributed by atoms with E-state index in [0.717, 1.165) is 4.31 Å². The number of aromatic nitrogens is 1. The maximum absolute atomic E-state index is 13.3. The van der Waals surface area contributed by atoms with Crippen molar-refractivity contribution in [3.63, 3.8) is 0 Å². The second kappa shape index (κ2) is 8.94. The Morgan fingerprint density at radius 3 is 2.56 bits per heavy atom. The second-order valence-electron chi connectivity index (χ2n) is 9.31.